The van der Waals surface area contributed by atoms with Gasteiger partial charge < -0.3 is 9.47 Å². The number of anilines is 2. The number of nitrogens with zero attached hydrogens (tertiary/aromatic N) is 2. The topological polar surface area (TPSA) is 8.17 Å². The summed E-state index contributed by atoms with van der Waals surface area (Å²) in [4.78, 5) is 2.49. The molecule has 2 atom stereocenters. The quantitative estimate of drug-likeness (QED) is 0.158. The van der Waals surface area contributed by atoms with Crippen molar-refractivity contribution in [3.63, 3.8) is 0 Å². The Morgan fingerprint density at radius 3 is 1.83 bits per heavy atom. The molecule has 0 N–H and O–H groups in total. The van der Waals surface area contributed by atoms with Gasteiger partial charge in [-0.05, 0) is 112 Å². The van der Waals surface area contributed by atoms with Crippen LogP contribution in [0, 0.1) is 11.8 Å². The minimum Gasteiger partial charge on any atom is -0.314 e. The summed E-state index contributed by atoms with van der Waals surface area (Å²) in [6, 6.07) is 71.5. The van der Waals surface area contributed by atoms with Gasteiger partial charge >= 0.3 is 0 Å². The van der Waals surface area contributed by atoms with Crippen LogP contribution in [-0.4, -0.2) is 4.57 Å². The second-order valence-electron chi connectivity index (χ2n) is 16.1. The summed E-state index contributed by atoms with van der Waals surface area (Å²) in [5.41, 5.74) is 18.0. The summed E-state index contributed by atoms with van der Waals surface area (Å²) >= 11 is 0. The van der Waals surface area contributed by atoms with E-state index in [1.165, 1.54) is 83.9 Å². The smallest absolute Gasteiger partial charge is 0.0537 e. The minimum absolute atomic E-state index is 0.209. The molecule has 11 rings (SSSR count). The molecule has 0 aliphatic heterocycles. The summed E-state index contributed by atoms with van der Waals surface area (Å²) in [6.07, 6.45) is 9.13. The van der Waals surface area contributed by atoms with Crippen LogP contribution in [0.2, 0.25) is 0 Å². The van der Waals surface area contributed by atoms with Crippen molar-refractivity contribution in [1.82, 2.24) is 4.57 Å². The zero-order valence-electron chi connectivity index (χ0n) is 32.7. The van der Waals surface area contributed by atoms with Crippen LogP contribution >= 0.6 is 0 Å². The fraction of sp³-hybridized carbons (Fsp3) is 0.107. The number of para-hydroxylation sites is 3. The molecule has 0 saturated heterocycles. The van der Waals surface area contributed by atoms with Crippen LogP contribution < -0.4 is 4.90 Å². The molecule has 0 fully saturated rings. The second kappa shape index (κ2) is 13.9. The van der Waals surface area contributed by atoms with E-state index in [9.17, 15) is 0 Å². The Hall–Kier alpha value is -6.90. The second-order valence-corrected chi connectivity index (χ2v) is 16.1. The van der Waals surface area contributed by atoms with Gasteiger partial charge in [-0.1, -0.05) is 165 Å². The molecule has 2 unspecified atom stereocenters. The lowest BCUT2D eigenvalue weighted by Crippen LogP contribution is -2.36. The standard InChI is InChI=1S/C56H44N2/c1-39-36-55-51(49-27-15-17-29-54(49)58(55)44-24-12-5-13-25-44)38-50(39)40-30-32-45(33-31-40)57(43-22-10-4-11-23-43)46-34-35-48-47-26-14-16-28-52(47)56(53(48)37-46,41-18-6-2-7-19-41)42-20-8-3-9-21-42/h2-35,38-39,53H,36-37H2,1H3. The number of hydrogen-bond donors (Lipinski definition) is 0. The maximum absolute atomic E-state index is 2.49. The van der Waals surface area contributed by atoms with Crippen molar-refractivity contribution in [1.29, 1.82) is 0 Å². The Labute approximate surface area is 341 Å². The Bertz CT molecular complexity index is 2840. The molecule has 278 valence electrons. The summed E-state index contributed by atoms with van der Waals surface area (Å²) in [5, 5.41) is 1.31. The summed E-state index contributed by atoms with van der Waals surface area (Å²) < 4.78 is 2.47. The van der Waals surface area contributed by atoms with Gasteiger partial charge in [0.1, 0.15) is 0 Å². The summed E-state index contributed by atoms with van der Waals surface area (Å²) in [7, 11) is 0. The number of allylic oxidation sites excluding steroid dienone is 5. The zero-order chi connectivity index (χ0) is 38.6. The first kappa shape index (κ1) is 34.4. The number of hydrogen-bond acceptors (Lipinski definition) is 1. The van der Waals surface area contributed by atoms with Crippen molar-refractivity contribution in [2.24, 2.45) is 11.8 Å². The van der Waals surface area contributed by atoms with Gasteiger partial charge in [-0.2, -0.15) is 0 Å². The average molecular weight is 745 g/mol. The normalized spacial score (nSPS) is 17.7. The Morgan fingerprint density at radius 2 is 1.12 bits per heavy atom. The SMILES string of the molecule is CC1Cc2c(c3ccccc3n2-c2ccccc2)C=C1c1ccc(N(C2=CC=C3c4ccccc4C(c4ccccc4)(c4ccccc4)C3C2)c2ccccc2)cc1. The van der Waals surface area contributed by atoms with Crippen LogP contribution in [0.5, 0.6) is 0 Å². The van der Waals surface area contributed by atoms with E-state index < -0.39 is 0 Å². The van der Waals surface area contributed by atoms with Crippen LogP contribution in [0.1, 0.15) is 52.4 Å². The van der Waals surface area contributed by atoms with Gasteiger partial charge in [0.05, 0.1) is 10.9 Å². The van der Waals surface area contributed by atoms with Crippen molar-refractivity contribution >= 4 is 39.5 Å². The lowest BCUT2D eigenvalue weighted by Gasteiger charge is -2.41. The fourth-order valence-electron chi connectivity index (χ4n) is 10.5. The van der Waals surface area contributed by atoms with Gasteiger partial charge in [0.2, 0.25) is 0 Å². The number of benzene rings is 7. The molecule has 2 heteroatoms. The predicted octanol–water partition coefficient (Wildman–Crippen LogP) is 13.8. The first-order chi connectivity index (χ1) is 28.7. The van der Waals surface area contributed by atoms with Gasteiger partial charge in [0, 0.05) is 45.3 Å². The van der Waals surface area contributed by atoms with E-state index >= 15 is 0 Å². The van der Waals surface area contributed by atoms with E-state index in [0.29, 0.717) is 5.92 Å². The van der Waals surface area contributed by atoms with Crippen LogP contribution in [-0.2, 0) is 11.8 Å². The van der Waals surface area contributed by atoms with Crippen LogP contribution in [0.3, 0.4) is 0 Å². The van der Waals surface area contributed by atoms with Crippen LogP contribution in [0.25, 0.3) is 33.8 Å². The molecule has 1 aromatic heterocycles. The molecule has 0 spiro atoms. The number of fused-ring (bicyclic) bond motifs is 6. The molecule has 0 amide bonds. The molecule has 2 nitrogen and oxygen atoms in total. The first-order valence-electron chi connectivity index (χ1n) is 20.7. The van der Waals surface area contributed by atoms with E-state index in [2.05, 4.69) is 229 Å². The summed E-state index contributed by atoms with van der Waals surface area (Å²) in [5.74, 6) is 0.577. The Kier molecular flexibility index (Phi) is 8.25. The molecule has 3 aliphatic carbocycles. The van der Waals surface area contributed by atoms with Crippen molar-refractivity contribution < 1.29 is 0 Å². The van der Waals surface area contributed by atoms with Gasteiger partial charge in [-0.15, -0.1) is 0 Å². The third-order valence-corrected chi connectivity index (χ3v) is 13.0. The van der Waals surface area contributed by atoms with E-state index in [4.69, 9.17) is 0 Å². The molecular weight excluding hydrogens is 701 g/mol. The highest BCUT2D eigenvalue weighted by molar-refractivity contribution is 5.99. The van der Waals surface area contributed by atoms with Crippen LogP contribution in [0.15, 0.2) is 212 Å². The molecule has 7 aromatic carbocycles. The predicted molar refractivity (Wildman–Crippen MR) is 242 cm³/mol. The fourth-order valence-corrected chi connectivity index (χ4v) is 10.5. The maximum atomic E-state index is 2.49. The van der Waals surface area contributed by atoms with Crippen molar-refractivity contribution in [3.05, 3.63) is 251 Å². The molecule has 0 saturated carbocycles. The first-order valence-corrected chi connectivity index (χ1v) is 20.7. The van der Waals surface area contributed by atoms with Crippen LogP contribution in [0.4, 0.5) is 11.4 Å². The molecule has 1 heterocycles. The number of rotatable bonds is 7. The largest absolute Gasteiger partial charge is 0.314 e. The molecular formula is C56H44N2. The van der Waals surface area contributed by atoms with E-state index in [-0.39, 0.29) is 11.3 Å². The van der Waals surface area contributed by atoms with Gasteiger partial charge in [-0.3, -0.25) is 0 Å². The molecule has 0 radical (unpaired) electrons. The third kappa shape index (κ3) is 5.32. The van der Waals surface area contributed by atoms with Gasteiger partial charge in [0.25, 0.3) is 0 Å². The summed E-state index contributed by atoms with van der Waals surface area (Å²) in [6.45, 7) is 2.38. The van der Waals surface area contributed by atoms with Crippen molar-refractivity contribution in [2.45, 2.75) is 25.2 Å². The maximum Gasteiger partial charge on any atom is 0.0537 e. The van der Waals surface area contributed by atoms with Crippen molar-refractivity contribution in [3.8, 4) is 5.69 Å². The van der Waals surface area contributed by atoms with E-state index in [1.807, 2.05) is 0 Å². The lowest BCUT2D eigenvalue weighted by atomic mass is 9.62. The molecule has 3 aliphatic rings. The third-order valence-electron chi connectivity index (χ3n) is 13.0. The molecule has 8 aromatic rings. The average Bonchev–Trinajstić information content (AvgIpc) is 3.77. The molecule has 0 bridgehead atoms. The lowest BCUT2D eigenvalue weighted by molar-refractivity contribution is 0.473. The highest BCUT2D eigenvalue weighted by Gasteiger charge is 2.52. The Morgan fingerprint density at radius 1 is 0.534 bits per heavy atom. The number of aromatic nitrogens is 1. The highest BCUT2D eigenvalue weighted by atomic mass is 15.1. The van der Waals surface area contributed by atoms with Crippen molar-refractivity contribution in [2.75, 3.05) is 4.90 Å². The van der Waals surface area contributed by atoms with Gasteiger partial charge in [-0.25, -0.2) is 0 Å². The van der Waals surface area contributed by atoms with Gasteiger partial charge in [0.15, 0.2) is 0 Å². The highest BCUT2D eigenvalue weighted by Crippen LogP contribution is 2.60. The zero-order valence-corrected chi connectivity index (χ0v) is 32.7. The monoisotopic (exact) mass is 744 g/mol. The van der Waals surface area contributed by atoms with E-state index in [0.717, 1.165) is 12.8 Å². The Balaban J connectivity index is 1.01. The van der Waals surface area contributed by atoms with E-state index in [1.54, 1.807) is 0 Å². The minimum atomic E-state index is -0.331. The molecule has 58 heavy (non-hydrogen) atoms.